The molecule has 1 heterocycles. The molecule has 3 rings (SSSR count). The number of nitrogens with one attached hydrogen (secondary N) is 3. The summed E-state index contributed by atoms with van der Waals surface area (Å²) in [5, 5.41) is 12.3. The number of anilines is 1. The van der Waals surface area contributed by atoms with Crippen molar-refractivity contribution in [3.63, 3.8) is 0 Å². The molecule has 1 aromatic heterocycles. The molecule has 0 spiro atoms. The number of carbonyl (C=O) groups is 1. The molecular weight excluding hydrogens is 352 g/mol. The number of benzene rings is 2. The standard InChI is InChI=1S/C18H16N4O3S/c1-11-6-7-15(17-16(11)13(9-19)10-21-17)22-26(24,25)14-5-3-4-12(8-14)18(23)20-2/h3-8,10,21-22H,1-2H3,(H,20,23). The van der Waals surface area contributed by atoms with Crippen LogP contribution in [0.2, 0.25) is 0 Å². The van der Waals surface area contributed by atoms with Crippen molar-refractivity contribution in [2.75, 3.05) is 11.8 Å². The molecule has 26 heavy (non-hydrogen) atoms. The third-order valence-electron chi connectivity index (χ3n) is 4.04. The third-order valence-corrected chi connectivity index (χ3v) is 5.41. The summed E-state index contributed by atoms with van der Waals surface area (Å²) in [6.45, 7) is 1.85. The number of aromatic amines is 1. The van der Waals surface area contributed by atoms with Gasteiger partial charge in [-0.3, -0.25) is 9.52 Å². The van der Waals surface area contributed by atoms with Gasteiger partial charge in [0.15, 0.2) is 0 Å². The summed E-state index contributed by atoms with van der Waals surface area (Å²) in [7, 11) is -2.44. The Balaban J connectivity index is 2.05. The van der Waals surface area contributed by atoms with Gasteiger partial charge in [0, 0.05) is 24.2 Å². The summed E-state index contributed by atoms with van der Waals surface area (Å²) in [5.41, 5.74) is 2.42. The van der Waals surface area contributed by atoms with Gasteiger partial charge in [0.2, 0.25) is 0 Å². The molecule has 0 saturated heterocycles. The zero-order chi connectivity index (χ0) is 18.9. The van der Waals surface area contributed by atoms with Crippen LogP contribution in [0, 0.1) is 18.3 Å². The van der Waals surface area contributed by atoms with E-state index in [4.69, 9.17) is 0 Å². The van der Waals surface area contributed by atoms with Crippen LogP contribution in [0.5, 0.6) is 0 Å². The third kappa shape index (κ3) is 3.00. The highest BCUT2D eigenvalue weighted by Crippen LogP contribution is 2.30. The van der Waals surface area contributed by atoms with Crippen molar-refractivity contribution in [2.24, 2.45) is 0 Å². The molecule has 2 aromatic carbocycles. The lowest BCUT2D eigenvalue weighted by Crippen LogP contribution is -2.19. The Kier molecular flexibility index (Phi) is 4.40. The Morgan fingerprint density at radius 1 is 1.23 bits per heavy atom. The van der Waals surface area contributed by atoms with Gasteiger partial charge in [0.05, 0.1) is 21.7 Å². The van der Waals surface area contributed by atoms with Crippen LogP contribution >= 0.6 is 0 Å². The van der Waals surface area contributed by atoms with E-state index in [-0.39, 0.29) is 16.4 Å². The van der Waals surface area contributed by atoms with E-state index in [9.17, 15) is 18.5 Å². The minimum absolute atomic E-state index is 0.0283. The summed E-state index contributed by atoms with van der Waals surface area (Å²) < 4.78 is 28.0. The van der Waals surface area contributed by atoms with Crippen LogP contribution in [0.25, 0.3) is 10.9 Å². The quantitative estimate of drug-likeness (QED) is 0.656. The van der Waals surface area contributed by atoms with Crippen LogP contribution in [-0.4, -0.2) is 26.4 Å². The molecule has 0 aliphatic heterocycles. The highest BCUT2D eigenvalue weighted by atomic mass is 32.2. The maximum atomic E-state index is 12.7. The van der Waals surface area contributed by atoms with E-state index in [1.165, 1.54) is 31.3 Å². The van der Waals surface area contributed by atoms with Crippen molar-refractivity contribution in [2.45, 2.75) is 11.8 Å². The van der Waals surface area contributed by atoms with E-state index in [0.717, 1.165) is 5.56 Å². The first-order valence-corrected chi connectivity index (χ1v) is 9.21. The predicted molar refractivity (Wildman–Crippen MR) is 98.4 cm³/mol. The lowest BCUT2D eigenvalue weighted by atomic mass is 10.1. The summed E-state index contributed by atoms with van der Waals surface area (Å²) in [5.74, 6) is -0.372. The molecule has 3 N–H and O–H groups in total. The molecule has 0 aliphatic carbocycles. The summed E-state index contributed by atoms with van der Waals surface area (Å²) >= 11 is 0. The largest absolute Gasteiger partial charge is 0.358 e. The minimum Gasteiger partial charge on any atom is -0.358 e. The Bertz CT molecular complexity index is 1160. The fraction of sp³-hybridized carbons (Fsp3) is 0.111. The maximum absolute atomic E-state index is 12.7. The number of nitrogens with zero attached hydrogens (tertiary/aromatic N) is 1. The lowest BCUT2D eigenvalue weighted by Gasteiger charge is -2.11. The van der Waals surface area contributed by atoms with Gasteiger partial charge in [-0.05, 0) is 36.8 Å². The number of aromatic nitrogens is 1. The van der Waals surface area contributed by atoms with Crippen molar-refractivity contribution in [1.29, 1.82) is 5.26 Å². The first-order chi connectivity index (χ1) is 12.4. The molecule has 7 nitrogen and oxygen atoms in total. The molecule has 3 aromatic rings. The molecule has 0 atom stereocenters. The van der Waals surface area contributed by atoms with E-state index in [1.807, 2.05) is 6.92 Å². The molecular formula is C18H16N4O3S. The van der Waals surface area contributed by atoms with Crippen molar-refractivity contribution in [1.82, 2.24) is 10.3 Å². The number of amides is 1. The second-order valence-corrected chi connectivity index (χ2v) is 7.39. The number of hydrogen-bond acceptors (Lipinski definition) is 4. The van der Waals surface area contributed by atoms with E-state index in [1.54, 1.807) is 18.3 Å². The Morgan fingerprint density at radius 3 is 2.69 bits per heavy atom. The summed E-state index contributed by atoms with van der Waals surface area (Å²) in [6, 6.07) is 11.2. The number of sulfonamides is 1. The SMILES string of the molecule is CNC(=O)c1cccc(S(=O)(=O)Nc2ccc(C)c3c(C#N)c[nH]c23)c1. The lowest BCUT2D eigenvalue weighted by molar-refractivity contribution is 0.0963. The van der Waals surface area contributed by atoms with Gasteiger partial charge < -0.3 is 10.3 Å². The minimum atomic E-state index is -3.91. The zero-order valence-electron chi connectivity index (χ0n) is 14.1. The monoisotopic (exact) mass is 368 g/mol. The van der Waals surface area contributed by atoms with Gasteiger partial charge in [-0.1, -0.05) is 12.1 Å². The van der Waals surface area contributed by atoms with Crippen LogP contribution in [0.4, 0.5) is 5.69 Å². The highest BCUT2D eigenvalue weighted by Gasteiger charge is 2.19. The van der Waals surface area contributed by atoms with Gasteiger partial charge in [-0.25, -0.2) is 8.42 Å². The van der Waals surface area contributed by atoms with Crippen molar-refractivity contribution < 1.29 is 13.2 Å². The first-order valence-electron chi connectivity index (χ1n) is 7.73. The Hall–Kier alpha value is -3.31. The van der Waals surface area contributed by atoms with Gasteiger partial charge in [-0.15, -0.1) is 0 Å². The Labute approximate surface area is 150 Å². The fourth-order valence-electron chi connectivity index (χ4n) is 2.75. The van der Waals surface area contributed by atoms with E-state index >= 15 is 0 Å². The normalized spacial score (nSPS) is 11.1. The number of aryl methyl sites for hydroxylation is 1. The van der Waals surface area contributed by atoms with Crippen LogP contribution in [-0.2, 0) is 10.0 Å². The molecule has 0 radical (unpaired) electrons. The fourth-order valence-corrected chi connectivity index (χ4v) is 3.86. The number of nitriles is 1. The van der Waals surface area contributed by atoms with Crippen LogP contribution in [0.3, 0.4) is 0 Å². The van der Waals surface area contributed by atoms with Crippen LogP contribution < -0.4 is 10.0 Å². The van der Waals surface area contributed by atoms with Gasteiger partial charge in [0.25, 0.3) is 15.9 Å². The molecule has 0 bridgehead atoms. The number of fused-ring (bicyclic) bond motifs is 1. The average Bonchev–Trinajstić information content (AvgIpc) is 3.08. The molecule has 1 amide bonds. The topological polar surface area (TPSA) is 115 Å². The van der Waals surface area contributed by atoms with Crippen molar-refractivity contribution >= 4 is 32.5 Å². The van der Waals surface area contributed by atoms with Crippen LogP contribution in [0.1, 0.15) is 21.5 Å². The second-order valence-electron chi connectivity index (χ2n) is 5.71. The first kappa shape index (κ1) is 17.5. The number of H-pyrrole nitrogens is 1. The number of rotatable bonds is 4. The average molecular weight is 368 g/mol. The van der Waals surface area contributed by atoms with E-state index < -0.39 is 10.0 Å². The smallest absolute Gasteiger partial charge is 0.261 e. The van der Waals surface area contributed by atoms with Gasteiger partial charge in [-0.2, -0.15) is 5.26 Å². The molecule has 0 fully saturated rings. The number of carbonyl (C=O) groups excluding carboxylic acids is 1. The van der Waals surface area contributed by atoms with Gasteiger partial charge >= 0.3 is 0 Å². The molecule has 0 aliphatic rings. The Morgan fingerprint density at radius 2 is 2.00 bits per heavy atom. The molecule has 0 saturated carbocycles. The van der Waals surface area contributed by atoms with Crippen molar-refractivity contribution in [3.05, 3.63) is 59.3 Å². The molecule has 0 unspecified atom stereocenters. The van der Waals surface area contributed by atoms with E-state index in [2.05, 4.69) is 21.1 Å². The van der Waals surface area contributed by atoms with E-state index in [0.29, 0.717) is 22.2 Å². The molecule has 132 valence electrons. The zero-order valence-corrected chi connectivity index (χ0v) is 14.9. The maximum Gasteiger partial charge on any atom is 0.261 e. The second kappa shape index (κ2) is 6.54. The van der Waals surface area contributed by atoms with Gasteiger partial charge in [0.1, 0.15) is 6.07 Å². The summed E-state index contributed by atoms with van der Waals surface area (Å²) in [4.78, 5) is 14.7. The van der Waals surface area contributed by atoms with Crippen molar-refractivity contribution in [3.8, 4) is 6.07 Å². The summed E-state index contributed by atoms with van der Waals surface area (Å²) in [6.07, 6.45) is 1.54. The number of hydrogen-bond donors (Lipinski definition) is 3. The highest BCUT2D eigenvalue weighted by molar-refractivity contribution is 7.92. The van der Waals surface area contributed by atoms with Crippen LogP contribution in [0.15, 0.2) is 47.5 Å². The molecule has 8 heteroatoms. The predicted octanol–water partition coefficient (Wildman–Crippen LogP) is 2.51.